The molecule has 0 unspecified atom stereocenters. The zero-order chi connectivity index (χ0) is 26.9. The van der Waals surface area contributed by atoms with Gasteiger partial charge in [-0.1, -0.05) is 23.5 Å². The van der Waals surface area contributed by atoms with Crippen LogP contribution in [0, 0.1) is 0 Å². The summed E-state index contributed by atoms with van der Waals surface area (Å²) in [7, 11) is 0. The molecule has 0 atom stereocenters. The second-order valence-corrected chi connectivity index (χ2v) is 10.6. The first kappa shape index (κ1) is 26.0. The molecule has 2 aromatic heterocycles. The number of thioether (sulfide) groups is 1. The van der Waals surface area contributed by atoms with E-state index in [-0.39, 0.29) is 23.0 Å². The van der Waals surface area contributed by atoms with Gasteiger partial charge in [0.25, 0.3) is 5.56 Å². The van der Waals surface area contributed by atoms with E-state index in [1.54, 1.807) is 12.1 Å². The van der Waals surface area contributed by atoms with Crippen LogP contribution in [0.1, 0.15) is 34.6 Å². The van der Waals surface area contributed by atoms with Crippen molar-refractivity contribution in [2.45, 2.75) is 35.8 Å². The van der Waals surface area contributed by atoms with Crippen molar-refractivity contribution in [2.24, 2.45) is 0 Å². The molecule has 1 aliphatic heterocycles. The summed E-state index contributed by atoms with van der Waals surface area (Å²) in [6.45, 7) is 1.04. The van der Waals surface area contributed by atoms with Crippen molar-refractivity contribution in [3.8, 4) is 5.75 Å². The van der Waals surface area contributed by atoms with Gasteiger partial charge in [0.15, 0.2) is 10.8 Å². The van der Waals surface area contributed by atoms with Crippen LogP contribution in [0.15, 0.2) is 58.2 Å². The minimum absolute atomic E-state index is 0.169. The number of piperidine rings is 1. The van der Waals surface area contributed by atoms with Crippen molar-refractivity contribution in [1.82, 2.24) is 15.0 Å². The minimum atomic E-state index is -4.49. The molecule has 3 heterocycles. The Morgan fingerprint density at radius 3 is 2.53 bits per heavy atom. The molecule has 1 aliphatic rings. The zero-order valence-electron chi connectivity index (χ0n) is 19.7. The highest BCUT2D eigenvalue weighted by atomic mass is 32.2. The normalized spacial score (nSPS) is 14.7. The average molecular weight is 563 g/mol. The molecule has 0 amide bonds. The maximum absolute atomic E-state index is 13.3. The third-order valence-corrected chi connectivity index (χ3v) is 8.11. The molecule has 4 aromatic rings. The summed E-state index contributed by atoms with van der Waals surface area (Å²) in [5, 5.41) is 9.64. The third kappa shape index (κ3) is 5.78. The van der Waals surface area contributed by atoms with Crippen LogP contribution in [0.4, 0.5) is 18.3 Å². The van der Waals surface area contributed by atoms with E-state index in [0.29, 0.717) is 53.0 Å². The van der Waals surface area contributed by atoms with Crippen LogP contribution in [0.3, 0.4) is 0 Å². The van der Waals surface area contributed by atoms with Gasteiger partial charge < -0.3 is 19.7 Å². The van der Waals surface area contributed by atoms with Crippen LogP contribution in [0.25, 0.3) is 10.3 Å². The molecule has 13 heteroatoms. The van der Waals surface area contributed by atoms with Gasteiger partial charge in [-0.25, -0.2) is 9.78 Å². The molecule has 2 aromatic carbocycles. The summed E-state index contributed by atoms with van der Waals surface area (Å²) in [6.07, 6.45) is -3.83. The summed E-state index contributed by atoms with van der Waals surface area (Å²) in [5.74, 6) is -0.354. The highest BCUT2D eigenvalue weighted by molar-refractivity contribution is 7.98. The van der Waals surface area contributed by atoms with E-state index in [9.17, 15) is 22.8 Å². The maximum atomic E-state index is 13.3. The van der Waals surface area contributed by atoms with Gasteiger partial charge >= 0.3 is 12.1 Å². The Labute approximate surface area is 222 Å². The first-order valence-corrected chi connectivity index (χ1v) is 13.4. The summed E-state index contributed by atoms with van der Waals surface area (Å²) in [6, 6.07) is 11.6. The minimum Gasteiger partial charge on any atom is -0.490 e. The van der Waals surface area contributed by atoms with Gasteiger partial charge in [0.1, 0.15) is 22.4 Å². The summed E-state index contributed by atoms with van der Waals surface area (Å²) < 4.78 is 45.9. The summed E-state index contributed by atoms with van der Waals surface area (Å²) >= 11 is 2.63. The number of aromatic nitrogens is 3. The first-order chi connectivity index (χ1) is 18.2. The molecular formula is C25H21F3N4O4S2. The molecule has 2 N–H and O–H groups in total. The lowest BCUT2D eigenvalue weighted by atomic mass is 10.1. The number of ether oxygens (including phenoxy) is 1. The first-order valence-electron chi connectivity index (χ1n) is 11.6. The Morgan fingerprint density at radius 2 is 1.84 bits per heavy atom. The van der Waals surface area contributed by atoms with E-state index in [0.717, 1.165) is 11.0 Å². The van der Waals surface area contributed by atoms with E-state index < -0.39 is 17.7 Å². The Bertz CT molecular complexity index is 1510. The van der Waals surface area contributed by atoms with Crippen molar-refractivity contribution >= 4 is 44.5 Å². The van der Waals surface area contributed by atoms with Gasteiger partial charge in [0.2, 0.25) is 0 Å². The monoisotopic (exact) mass is 562 g/mol. The molecule has 1 saturated heterocycles. The number of para-hydroxylation sites is 1. The number of carboxylic acids is 1. The number of carbonyl (C=O) groups is 1. The van der Waals surface area contributed by atoms with E-state index in [1.807, 2.05) is 4.90 Å². The van der Waals surface area contributed by atoms with Crippen molar-refractivity contribution in [3.63, 3.8) is 0 Å². The highest BCUT2D eigenvalue weighted by Gasteiger charge is 2.35. The number of H-pyrrole nitrogens is 1. The number of anilines is 1. The lowest BCUT2D eigenvalue weighted by molar-refractivity contribution is -0.139. The van der Waals surface area contributed by atoms with Gasteiger partial charge in [-0.15, -0.1) is 11.8 Å². The number of alkyl halides is 3. The number of rotatable bonds is 7. The van der Waals surface area contributed by atoms with Crippen LogP contribution in [0.5, 0.6) is 5.75 Å². The molecule has 0 saturated carbocycles. The number of benzene rings is 2. The SMILES string of the molecule is O=C(O)c1ccc(SCc2nc3nc(N4CCC(Oc5ccccc5C(F)(F)F)CC4)sc3c(=O)[nH]2)cc1. The molecule has 38 heavy (non-hydrogen) atoms. The quantitative estimate of drug-likeness (QED) is 0.287. The van der Waals surface area contributed by atoms with Crippen LogP contribution in [-0.2, 0) is 11.9 Å². The van der Waals surface area contributed by atoms with Gasteiger partial charge in [-0.05, 0) is 36.4 Å². The summed E-state index contributed by atoms with van der Waals surface area (Å²) in [4.78, 5) is 38.3. The van der Waals surface area contributed by atoms with Gasteiger partial charge in [0.05, 0.1) is 16.9 Å². The standard InChI is InChI=1S/C25H21F3N4O4S2/c26-25(27,28)17-3-1-2-4-18(17)36-15-9-11-32(12-10-15)24-31-21-20(38-24)22(33)30-19(29-21)13-37-16-7-5-14(6-8-16)23(34)35/h1-8,15H,9-13H2,(H,34,35)(H,29,30,33). The fourth-order valence-electron chi connectivity index (χ4n) is 4.07. The summed E-state index contributed by atoms with van der Waals surface area (Å²) in [5.41, 5.74) is -0.551. The number of hydrogen-bond acceptors (Lipinski definition) is 8. The third-order valence-electron chi connectivity index (χ3n) is 5.98. The van der Waals surface area contributed by atoms with Crippen molar-refractivity contribution in [3.05, 3.63) is 75.8 Å². The predicted molar refractivity (Wildman–Crippen MR) is 138 cm³/mol. The van der Waals surface area contributed by atoms with Gasteiger partial charge in [-0.2, -0.15) is 18.2 Å². The number of hydrogen-bond donors (Lipinski definition) is 2. The fourth-order valence-corrected chi connectivity index (χ4v) is 5.79. The van der Waals surface area contributed by atoms with E-state index >= 15 is 0 Å². The average Bonchev–Trinajstić information content (AvgIpc) is 3.33. The van der Waals surface area contributed by atoms with Crippen LogP contribution in [0.2, 0.25) is 0 Å². The number of nitrogens with one attached hydrogen (secondary N) is 1. The zero-order valence-corrected chi connectivity index (χ0v) is 21.3. The van der Waals surface area contributed by atoms with Gasteiger partial charge in [0, 0.05) is 30.8 Å². The Kier molecular flexibility index (Phi) is 7.30. The smallest absolute Gasteiger partial charge is 0.419 e. The van der Waals surface area contributed by atoms with Crippen molar-refractivity contribution in [1.29, 1.82) is 0 Å². The fraction of sp³-hybridized carbons (Fsp3) is 0.280. The van der Waals surface area contributed by atoms with E-state index in [1.165, 1.54) is 53.4 Å². The van der Waals surface area contributed by atoms with Crippen LogP contribution < -0.4 is 15.2 Å². The molecule has 1 fully saturated rings. The number of thiazole rings is 1. The molecule has 0 spiro atoms. The number of nitrogens with zero attached hydrogens (tertiary/aromatic N) is 3. The molecular weight excluding hydrogens is 541 g/mol. The van der Waals surface area contributed by atoms with Crippen LogP contribution in [-0.4, -0.2) is 45.2 Å². The van der Waals surface area contributed by atoms with Crippen molar-refractivity contribution < 1.29 is 27.8 Å². The molecule has 0 bridgehead atoms. The number of aromatic carboxylic acids is 1. The predicted octanol–water partition coefficient (Wildman–Crippen LogP) is 5.44. The van der Waals surface area contributed by atoms with Crippen molar-refractivity contribution in [2.75, 3.05) is 18.0 Å². The topological polar surface area (TPSA) is 108 Å². The molecule has 5 rings (SSSR count). The number of carboxylic acid groups (broad SMARTS) is 1. The second kappa shape index (κ2) is 10.7. The van der Waals surface area contributed by atoms with Crippen LogP contribution >= 0.6 is 23.1 Å². The Morgan fingerprint density at radius 1 is 1.13 bits per heavy atom. The lowest BCUT2D eigenvalue weighted by Crippen LogP contribution is -2.38. The molecule has 198 valence electrons. The second-order valence-electron chi connectivity index (χ2n) is 8.58. The van der Waals surface area contributed by atoms with E-state index in [4.69, 9.17) is 9.84 Å². The van der Waals surface area contributed by atoms with E-state index in [2.05, 4.69) is 15.0 Å². The molecule has 0 radical (unpaired) electrons. The lowest BCUT2D eigenvalue weighted by Gasteiger charge is -2.32. The highest BCUT2D eigenvalue weighted by Crippen LogP contribution is 2.37. The molecule has 0 aliphatic carbocycles. The Hall–Kier alpha value is -3.58. The Balaban J connectivity index is 1.23. The number of fused-ring (bicyclic) bond motifs is 1. The molecule has 8 nitrogen and oxygen atoms in total. The maximum Gasteiger partial charge on any atom is 0.419 e. The number of halogens is 3. The largest absolute Gasteiger partial charge is 0.490 e. The van der Waals surface area contributed by atoms with Gasteiger partial charge in [-0.3, -0.25) is 4.79 Å². The number of aromatic amines is 1.